The molecule has 106 valence electrons. The minimum atomic E-state index is 0.857. The highest BCUT2D eigenvalue weighted by molar-refractivity contribution is 5.47. The van der Waals surface area contributed by atoms with Gasteiger partial charge in [-0.15, -0.1) is 0 Å². The Bertz CT molecular complexity index is 408. The van der Waals surface area contributed by atoms with Crippen molar-refractivity contribution < 1.29 is 0 Å². The quantitative estimate of drug-likeness (QED) is 0.845. The van der Waals surface area contributed by atoms with Gasteiger partial charge in [0.15, 0.2) is 0 Å². The monoisotopic (exact) mass is 261 g/mol. The zero-order valence-corrected chi connectivity index (χ0v) is 12.5. The zero-order valence-electron chi connectivity index (χ0n) is 12.5. The smallest absolute Gasteiger partial charge is 0.0343 e. The second-order valence-electron chi connectivity index (χ2n) is 6.13. The molecule has 0 aromatic heterocycles. The van der Waals surface area contributed by atoms with Gasteiger partial charge in [0.25, 0.3) is 0 Å². The van der Waals surface area contributed by atoms with Crippen molar-refractivity contribution in [3.8, 4) is 0 Å². The number of nitrogens with two attached hydrogens (primary N) is 1. The normalized spacial score (nSPS) is 18.1. The molecular weight excluding hydrogens is 234 g/mol. The Morgan fingerprint density at radius 3 is 2.63 bits per heavy atom. The molecule has 19 heavy (non-hydrogen) atoms. The minimum absolute atomic E-state index is 0.857. The summed E-state index contributed by atoms with van der Waals surface area (Å²) in [6.07, 6.45) is 2.67. The number of hydrogen-bond acceptors (Lipinski definition) is 3. The van der Waals surface area contributed by atoms with Crippen LogP contribution < -0.4 is 5.73 Å². The highest BCUT2D eigenvalue weighted by Gasteiger charge is 2.18. The van der Waals surface area contributed by atoms with Crippen molar-refractivity contribution in [3.05, 3.63) is 29.3 Å². The molecule has 0 saturated carbocycles. The average molecular weight is 261 g/mol. The summed E-state index contributed by atoms with van der Waals surface area (Å²) >= 11 is 0. The molecule has 0 bridgehead atoms. The van der Waals surface area contributed by atoms with Crippen LogP contribution in [0.2, 0.25) is 0 Å². The molecule has 0 atom stereocenters. The van der Waals surface area contributed by atoms with Gasteiger partial charge in [-0.1, -0.05) is 12.1 Å². The van der Waals surface area contributed by atoms with Gasteiger partial charge < -0.3 is 15.5 Å². The molecule has 0 radical (unpaired) electrons. The molecule has 3 heteroatoms. The lowest BCUT2D eigenvalue weighted by atomic mass is 9.96. The van der Waals surface area contributed by atoms with Crippen molar-refractivity contribution in [2.24, 2.45) is 5.92 Å². The lowest BCUT2D eigenvalue weighted by Gasteiger charge is -2.31. The average Bonchev–Trinajstić information content (AvgIpc) is 2.37. The first kappa shape index (κ1) is 14.4. The maximum Gasteiger partial charge on any atom is 0.0343 e. The summed E-state index contributed by atoms with van der Waals surface area (Å²) in [5, 5.41) is 0. The van der Waals surface area contributed by atoms with Gasteiger partial charge in [0, 0.05) is 18.8 Å². The van der Waals surface area contributed by atoms with Crippen LogP contribution in [-0.4, -0.2) is 43.5 Å². The largest absolute Gasteiger partial charge is 0.399 e. The first-order valence-electron chi connectivity index (χ1n) is 7.26. The topological polar surface area (TPSA) is 32.5 Å². The second kappa shape index (κ2) is 6.40. The highest BCUT2D eigenvalue weighted by Crippen LogP contribution is 2.19. The number of hydrogen-bond donors (Lipinski definition) is 1. The number of benzene rings is 1. The van der Waals surface area contributed by atoms with E-state index in [0.29, 0.717) is 0 Å². The fourth-order valence-electron chi connectivity index (χ4n) is 2.90. The second-order valence-corrected chi connectivity index (χ2v) is 6.13. The van der Waals surface area contributed by atoms with E-state index in [1.165, 1.54) is 43.6 Å². The molecule has 1 heterocycles. The third kappa shape index (κ3) is 4.22. The van der Waals surface area contributed by atoms with Crippen LogP contribution in [0.25, 0.3) is 0 Å². The molecule has 0 amide bonds. The van der Waals surface area contributed by atoms with E-state index >= 15 is 0 Å². The highest BCUT2D eigenvalue weighted by atomic mass is 15.1. The molecule has 1 aliphatic heterocycles. The van der Waals surface area contributed by atoms with Crippen molar-refractivity contribution in [2.75, 3.05) is 39.5 Å². The van der Waals surface area contributed by atoms with E-state index in [1.807, 2.05) is 6.07 Å². The Morgan fingerprint density at radius 2 is 2.00 bits per heavy atom. The van der Waals surface area contributed by atoms with Gasteiger partial charge in [-0.3, -0.25) is 0 Å². The van der Waals surface area contributed by atoms with Crippen LogP contribution in [0.1, 0.15) is 24.0 Å². The lowest BCUT2D eigenvalue weighted by molar-refractivity contribution is 0.173. The van der Waals surface area contributed by atoms with E-state index in [0.717, 1.165) is 18.2 Å². The molecule has 0 spiro atoms. The van der Waals surface area contributed by atoms with E-state index in [-0.39, 0.29) is 0 Å². The molecule has 3 nitrogen and oxygen atoms in total. The van der Waals surface area contributed by atoms with Crippen LogP contribution in [-0.2, 0) is 6.54 Å². The predicted molar refractivity (Wildman–Crippen MR) is 82.1 cm³/mol. The molecule has 1 aliphatic rings. The Labute approximate surface area is 117 Å². The number of likely N-dealkylation sites (tertiary alicyclic amines) is 1. The van der Waals surface area contributed by atoms with Crippen molar-refractivity contribution in [2.45, 2.75) is 26.3 Å². The molecule has 1 fully saturated rings. The number of nitrogen functional groups attached to an aromatic ring is 1. The molecule has 1 aromatic carbocycles. The summed E-state index contributed by atoms with van der Waals surface area (Å²) in [5.74, 6) is 0.857. The molecular formula is C16H27N3. The van der Waals surface area contributed by atoms with Gasteiger partial charge in [-0.2, -0.15) is 0 Å². The molecule has 0 aliphatic carbocycles. The number of anilines is 1. The molecule has 0 unspecified atom stereocenters. The summed E-state index contributed by atoms with van der Waals surface area (Å²) in [6.45, 7) is 6.81. The summed E-state index contributed by atoms with van der Waals surface area (Å²) in [5.41, 5.74) is 9.30. The number of rotatable bonds is 4. The Balaban J connectivity index is 1.83. The summed E-state index contributed by atoms with van der Waals surface area (Å²) in [6, 6.07) is 6.38. The lowest BCUT2D eigenvalue weighted by Crippen LogP contribution is -2.35. The van der Waals surface area contributed by atoms with Crippen molar-refractivity contribution in [3.63, 3.8) is 0 Å². The van der Waals surface area contributed by atoms with Crippen LogP contribution in [0.3, 0.4) is 0 Å². The zero-order chi connectivity index (χ0) is 13.8. The number of aryl methyl sites for hydroxylation is 1. The summed E-state index contributed by atoms with van der Waals surface area (Å²) in [4.78, 5) is 4.88. The number of piperidine rings is 1. The Morgan fingerprint density at radius 1 is 1.32 bits per heavy atom. The number of nitrogens with zero attached hydrogens (tertiary/aromatic N) is 2. The molecule has 2 N–H and O–H groups in total. The fraction of sp³-hybridized carbons (Fsp3) is 0.625. The van der Waals surface area contributed by atoms with E-state index in [4.69, 9.17) is 5.73 Å². The Hall–Kier alpha value is -1.06. The van der Waals surface area contributed by atoms with Gasteiger partial charge >= 0.3 is 0 Å². The summed E-state index contributed by atoms with van der Waals surface area (Å²) < 4.78 is 0. The van der Waals surface area contributed by atoms with Gasteiger partial charge in [0.1, 0.15) is 0 Å². The first-order valence-corrected chi connectivity index (χ1v) is 7.26. The standard InChI is InChI=1S/C16H27N3/c1-13-10-15(4-5-16(13)17)12-19(3)11-14-6-8-18(2)9-7-14/h4-5,10,14H,6-9,11-12,17H2,1-3H3. The van der Waals surface area contributed by atoms with Gasteiger partial charge in [-0.25, -0.2) is 0 Å². The van der Waals surface area contributed by atoms with E-state index in [2.05, 4.69) is 43.0 Å². The third-order valence-electron chi connectivity index (χ3n) is 4.19. The SMILES string of the molecule is Cc1cc(CN(C)CC2CCN(C)CC2)ccc1N. The van der Waals surface area contributed by atoms with Crippen molar-refractivity contribution >= 4 is 5.69 Å². The summed E-state index contributed by atoms with van der Waals surface area (Å²) in [7, 11) is 4.45. The molecule has 1 saturated heterocycles. The van der Waals surface area contributed by atoms with Gasteiger partial charge in [-0.05, 0) is 70.1 Å². The molecule has 1 aromatic rings. The van der Waals surface area contributed by atoms with E-state index in [9.17, 15) is 0 Å². The van der Waals surface area contributed by atoms with E-state index in [1.54, 1.807) is 0 Å². The van der Waals surface area contributed by atoms with Crippen molar-refractivity contribution in [1.82, 2.24) is 9.80 Å². The maximum absolute atomic E-state index is 5.86. The molecule has 2 rings (SSSR count). The van der Waals surface area contributed by atoms with Crippen LogP contribution in [0.5, 0.6) is 0 Å². The van der Waals surface area contributed by atoms with Crippen LogP contribution in [0.15, 0.2) is 18.2 Å². The minimum Gasteiger partial charge on any atom is -0.399 e. The van der Waals surface area contributed by atoms with Gasteiger partial charge in [0.05, 0.1) is 0 Å². The van der Waals surface area contributed by atoms with E-state index < -0.39 is 0 Å². The fourth-order valence-corrected chi connectivity index (χ4v) is 2.90. The van der Waals surface area contributed by atoms with Gasteiger partial charge in [0.2, 0.25) is 0 Å². The van der Waals surface area contributed by atoms with Crippen LogP contribution in [0, 0.1) is 12.8 Å². The first-order chi connectivity index (χ1) is 9.04. The maximum atomic E-state index is 5.86. The van der Waals surface area contributed by atoms with Crippen molar-refractivity contribution in [1.29, 1.82) is 0 Å². The van der Waals surface area contributed by atoms with Crippen LogP contribution in [0.4, 0.5) is 5.69 Å². The Kier molecular flexibility index (Phi) is 4.83. The van der Waals surface area contributed by atoms with Crippen LogP contribution >= 0.6 is 0 Å². The predicted octanol–water partition coefficient (Wildman–Crippen LogP) is 2.35. The third-order valence-corrected chi connectivity index (χ3v) is 4.19.